The van der Waals surface area contributed by atoms with Gasteiger partial charge in [0.15, 0.2) is 0 Å². The number of hydrogen-bond donors (Lipinski definition) is 1. The van der Waals surface area contributed by atoms with E-state index < -0.39 is 0 Å². The first-order valence-corrected chi connectivity index (χ1v) is 17.2. The lowest BCUT2D eigenvalue weighted by Gasteiger charge is -2.19. The molecule has 0 aromatic heterocycles. The minimum atomic E-state index is 0.716. The lowest BCUT2D eigenvalue weighted by Crippen LogP contribution is -2.26. The second-order valence-electron chi connectivity index (χ2n) is 12.8. The van der Waals surface area contributed by atoms with Gasteiger partial charge in [0.1, 0.15) is 0 Å². The highest BCUT2D eigenvalue weighted by molar-refractivity contribution is 5.82. The van der Waals surface area contributed by atoms with Crippen molar-refractivity contribution in [3.8, 4) is 0 Å². The van der Waals surface area contributed by atoms with Crippen molar-refractivity contribution in [2.45, 2.75) is 45.4 Å². The minimum absolute atomic E-state index is 0.716. The van der Waals surface area contributed by atoms with Gasteiger partial charge in [0.2, 0.25) is 0 Å². The highest BCUT2D eigenvalue weighted by atomic mass is 14.9. The maximum Gasteiger partial charge on any atom is 0.0630 e. The van der Waals surface area contributed by atoms with Gasteiger partial charge >= 0.3 is 0 Å². The van der Waals surface area contributed by atoms with Crippen LogP contribution in [-0.2, 0) is 25.7 Å². The van der Waals surface area contributed by atoms with Gasteiger partial charge in [-0.25, -0.2) is 0 Å². The molecule has 1 fully saturated rings. The molecule has 1 aliphatic rings. The average Bonchev–Trinajstić information content (AvgIpc) is 3.13. The third-order valence-corrected chi connectivity index (χ3v) is 9.13. The third-order valence-electron chi connectivity index (χ3n) is 9.13. The summed E-state index contributed by atoms with van der Waals surface area (Å²) >= 11 is 0. The van der Waals surface area contributed by atoms with Crippen LogP contribution in [0.25, 0.3) is 18.2 Å². The molecule has 1 saturated heterocycles. The van der Waals surface area contributed by atoms with Crippen molar-refractivity contribution in [3.05, 3.63) is 177 Å². The molecule has 0 aliphatic carbocycles. The zero-order valence-corrected chi connectivity index (χ0v) is 27.6. The molecule has 0 spiro atoms. The van der Waals surface area contributed by atoms with E-state index in [1.165, 1.54) is 57.3 Å². The van der Waals surface area contributed by atoms with Crippen LogP contribution < -0.4 is 5.32 Å². The second kappa shape index (κ2) is 16.7. The van der Waals surface area contributed by atoms with Gasteiger partial charge in [0.05, 0.1) is 5.69 Å². The fourth-order valence-corrected chi connectivity index (χ4v) is 5.99. The quantitative estimate of drug-likeness (QED) is 0.110. The molecule has 6 rings (SSSR count). The molecule has 1 N–H and O–H groups in total. The first-order chi connectivity index (χ1) is 23.1. The summed E-state index contributed by atoms with van der Waals surface area (Å²) in [6.07, 6.45) is 17.6. The van der Waals surface area contributed by atoms with Gasteiger partial charge in [0.25, 0.3) is 0 Å². The molecule has 0 amide bonds. The Hall–Kier alpha value is -4.79. The van der Waals surface area contributed by atoms with E-state index in [-0.39, 0.29) is 0 Å². The molecule has 0 unspecified atom stereocenters. The van der Waals surface area contributed by atoms with Crippen molar-refractivity contribution in [2.75, 3.05) is 13.1 Å². The minimum Gasteiger partial charge on any atom is -0.317 e. The van der Waals surface area contributed by atoms with E-state index in [2.05, 4.69) is 158 Å². The van der Waals surface area contributed by atoms with Crippen LogP contribution in [0, 0.1) is 12.8 Å². The Labute approximate surface area is 281 Å². The Morgan fingerprint density at radius 1 is 0.511 bits per heavy atom. The van der Waals surface area contributed by atoms with Crippen LogP contribution in [0.1, 0.15) is 62.9 Å². The first kappa shape index (κ1) is 32.2. The third kappa shape index (κ3) is 10.4. The van der Waals surface area contributed by atoms with Gasteiger partial charge in [0, 0.05) is 6.21 Å². The van der Waals surface area contributed by atoms with E-state index in [0.29, 0.717) is 5.92 Å². The van der Waals surface area contributed by atoms with Gasteiger partial charge in [-0.15, -0.1) is 0 Å². The van der Waals surface area contributed by atoms with E-state index in [0.717, 1.165) is 50.0 Å². The van der Waals surface area contributed by atoms with Crippen molar-refractivity contribution in [3.63, 3.8) is 0 Å². The SMILES string of the molecule is Cc1ccc(/C=C/c2ccc(CCc3ccc(N=Cc4ccc(CCc5ccc(/C=C/C6CCNCC6)cc5)cc4)cc3)cc2)cc1. The summed E-state index contributed by atoms with van der Waals surface area (Å²) in [7, 11) is 0. The van der Waals surface area contributed by atoms with Gasteiger partial charge in [-0.2, -0.15) is 0 Å². The van der Waals surface area contributed by atoms with Crippen molar-refractivity contribution in [1.82, 2.24) is 5.32 Å². The van der Waals surface area contributed by atoms with E-state index in [9.17, 15) is 0 Å². The van der Waals surface area contributed by atoms with Gasteiger partial charge < -0.3 is 5.32 Å². The number of nitrogens with one attached hydrogen (secondary N) is 1. The second-order valence-corrected chi connectivity index (χ2v) is 12.8. The molecule has 236 valence electrons. The van der Waals surface area contributed by atoms with E-state index in [1.807, 2.05) is 6.21 Å². The molecule has 2 nitrogen and oxygen atoms in total. The molecule has 0 bridgehead atoms. The number of benzene rings is 5. The Morgan fingerprint density at radius 3 is 1.40 bits per heavy atom. The fraction of sp³-hybridized carbons (Fsp3) is 0.222. The molecule has 0 saturated carbocycles. The number of rotatable bonds is 12. The monoisotopic (exact) mass is 614 g/mol. The first-order valence-electron chi connectivity index (χ1n) is 17.2. The summed E-state index contributed by atoms with van der Waals surface area (Å²) in [4.78, 5) is 4.73. The molecule has 1 heterocycles. The number of allylic oxidation sites excluding steroid dienone is 1. The predicted molar refractivity (Wildman–Crippen MR) is 203 cm³/mol. The Balaban J connectivity index is 0.925. The van der Waals surface area contributed by atoms with Crippen molar-refractivity contribution in [2.24, 2.45) is 10.9 Å². The number of hydrogen-bond acceptors (Lipinski definition) is 2. The van der Waals surface area contributed by atoms with Gasteiger partial charge in [-0.1, -0.05) is 139 Å². The summed E-state index contributed by atoms with van der Waals surface area (Å²) in [6, 6.07) is 44.0. The number of nitrogens with zero attached hydrogens (tertiary/aromatic N) is 1. The highest BCUT2D eigenvalue weighted by Gasteiger charge is 2.09. The maximum atomic E-state index is 4.73. The van der Waals surface area contributed by atoms with Gasteiger partial charge in [-0.05, 0) is 121 Å². The van der Waals surface area contributed by atoms with Crippen LogP contribution in [0.4, 0.5) is 5.69 Å². The lowest BCUT2D eigenvalue weighted by atomic mass is 9.96. The van der Waals surface area contributed by atoms with Crippen LogP contribution in [0.2, 0.25) is 0 Å². The number of piperidine rings is 1. The van der Waals surface area contributed by atoms with E-state index in [4.69, 9.17) is 4.99 Å². The van der Waals surface area contributed by atoms with Crippen molar-refractivity contribution in [1.29, 1.82) is 0 Å². The Bertz CT molecular complexity index is 1750. The molecule has 0 atom stereocenters. The largest absolute Gasteiger partial charge is 0.317 e. The zero-order chi connectivity index (χ0) is 32.1. The smallest absolute Gasteiger partial charge is 0.0630 e. The topological polar surface area (TPSA) is 24.4 Å². The molecule has 47 heavy (non-hydrogen) atoms. The molecular weight excluding hydrogens is 569 g/mol. The van der Waals surface area contributed by atoms with E-state index in [1.54, 1.807) is 0 Å². The van der Waals surface area contributed by atoms with Gasteiger partial charge in [-0.3, -0.25) is 4.99 Å². The summed E-state index contributed by atoms with van der Waals surface area (Å²) in [5, 5.41) is 3.44. The standard InChI is InChI=1S/C45H46N2/c1-35-2-4-36(5-3-35)6-7-37-8-10-39(11-9-37)18-19-42-26-28-45(29-27-42)47-34-44-24-22-41(23-25-44)17-16-38-12-14-40(15-13-38)20-21-43-30-32-46-33-31-43/h2-15,20-29,34,43,46H,16-19,30-33H2,1H3/b7-6+,21-20+,47-34?. The molecule has 5 aromatic carbocycles. The fourth-order valence-electron chi connectivity index (χ4n) is 5.99. The predicted octanol–water partition coefficient (Wildman–Crippen LogP) is 10.5. The number of aryl methyl sites for hydroxylation is 5. The normalized spacial score (nSPS) is 14.1. The lowest BCUT2D eigenvalue weighted by molar-refractivity contribution is 0.438. The van der Waals surface area contributed by atoms with E-state index >= 15 is 0 Å². The van der Waals surface area contributed by atoms with Crippen LogP contribution in [0.15, 0.2) is 132 Å². The molecule has 5 aromatic rings. The molecular formula is C45H46N2. The van der Waals surface area contributed by atoms with Crippen LogP contribution in [-0.4, -0.2) is 19.3 Å². The molecule has 0 radical (unpaired) electrons. The zero-order valence-electron chi connectivity index (χ0n) is 27.6. The van der Waals surface area contributed by atoms with Crippen LogP contribution >= 0.6 is 0 Å². The molecule has 1 aliphatic heterocycles. The van der Waals surface area contributed by atoms with Crippen molar-refractivity contribution >= 4 is 30.1 Å². The van der Waals surface area contributed by atoms with Crippen LogP contribution in [0.3, 0.4) is 0 Å². The summed E-state index contributed by atoms with van der Waals surface area (Å²) < 4.78 is 0. The average molecular weight is 615 g/mol. The maximum absolute atomic E-state index is 4.73. The molecule has 2 heteroatoms. The van der Waals surface area contributed by atoms with Crippen molar-refractivity contribution < 1.29 is 0 Å². The summed E-state index contributed by atoms with van der Waals surface area (Å²) in [6.45, 7) is 4.40. The highest BCUT2D eigenvalue weighted by Crippen LogP contribution is 2.18. The van der Waals surface area contributed by atoms with Crippen LogP contribution in [0.5, 0.6) is 0 Å². The Kier molecular flexibility index (Phi) is 11.4. The summed E-state index contributed by atoms with van der Waals surface area (Å²) in [5.41, 5.74) is 12.6. The summed E-state index contributed by atoms with van der Waals surface area (Å²) in [5.74, 6) is 0.716. The number of aliphatic imine (C=N–C) groups is 1. The Morgan fingerprint density at radius 2 is 0.915 bits per heavy atom.